The van der Waals surface area contributed by atoms with Crippen molar-refractivity contribution in [2.45, 2.75) is 33.1 Å². The van der Waals surface area contributed by atoms with Crippen LogP contribution in [-0.2, 0) is 32.7 Å². The van der Waals surface area contributed by atoms with E-state index in [4.69, 9.17) is 0 Å². The molecule has 9 heavy (non-hydrogen) atoms. The maximum atomic E-state index is 2.36. The molecule has 0 aromatic heterocycles. The molecule has 0 heterocycles. The van der Waals surface area contributed by atoms with E-state index in [2.05, 4.69) is 20.3 Å². The molecule has 0 aliphatic heterocycles. The van der Waals surface area contributed by atoms with E-state index in [1.54, 1.807) is 0 Å². The molecule has 0 saturated heterocycles. The summed E-state index contributed by atoms with van der Waals surface area (Å²) in [6.45, 7) is 4.55. The van der Waals surface area contributed by atoms with Crippen LogP contribution in [0.2, 0.25) is 0 Å². The second-order valence-corrected chi connectivity index (χ2v) is 2.91. The van der Waals surface area contributed by atoms with E-state index < -0.39 is 0 Å². The van der Waals surface area contributed by atoms with Crippen molar-refractivity contribution in [3.8, 4) is 0 Å². The smallest absolute Gasteiger partial charge is 0 e. The Morgan fingerprint density at radius 3 is 2.22 bits per heavy atom. The van der Waals surface area contributed by atoms with Gasteiger partial charge >= 0.3 is 0 Å². The van der Waals surface area contributed by atoms with E-state index in [0.29, 0.717) is 0 Å². The molecule has 0 nitrogen and oxygen atoms in total. The summed E-state index contributed by atoms with van der Waals surface area (Å²) in [6.07, 6.45) is 6.71. The molecule has 0 N–H and O–H groups in total. The molecule has 1 heteroatoms. The fourth-order valence-electron chi connectivity index (χ4n) is 1.67. The summed E-state index contributed by atoms with van der Waals surface area (Å²) in [5, 5.41) is 0. The van der Waals surface area contributed by atoms with Crippen LogP contribution in [0.1, 0.15) is 33.1 Å². The summed E-state index contributed by atoms with van der Waals surface area (Å²) in [7, 11) is 0. The van der Waals surface area contributed by atoms with E-state index in [1.165, 1.54) is 19.3 Å². The van der Waals surface area contributed by atoms with Crippen molar-refractivity contribution in [3.05, 3.63) is 6.42 Å². The van der Waals surface area contributed by atoms with Crippen LogP contribution in [0.15, 0.2) is 0 Å². The van der Waals surface area contributed by atoms with Gasteiger partial charge in [0.25, 0.3) is 0 Å². The predicted molar refractivity (Wildman–Crippen MR) is 36.5 cm³/mol. The SMILES string of the molecule is C[CH-]C1CCCC1C.[Y]. The molecule has 0 amide bonds. The van der Waals surface area contributed by atoms with Gasteiger partial charge in [0.05, 0.1) is 0 Å². The number of rotatable bonds is 1. The van der Waals surface area contributed by atoms with E-state index in [9.17, 15) is 0 Å². The number of hydrogen-bond donors (Lipinski definition) is 0. The normalized spacial score (nSPS) is 34.0. The van der Waals surface area contributed by atoms with Gasteiger partial charge in [-0.05, 0) is 0 Å². The van der Waals surface area contributed by atoms with Gasteiger partial charge in [0.1, 0.15) is 0 Å². The minimum atomic E-state index is 0. The first kappa shape index (κ1) is 10.1. The Kier molecular flexibility index (Phi) is 5.44. The molecule has 2 atom stereocenters. The first-order chi connectivity index (χ1) is 3.84. The third-order valence-corrected chi connectivity index (χ3v) is 2.36. The fourth-order valence-corrected chi connectivity index (χ4v) is 1.67. The maximum absolute atomic E-state index is 2.36. The maximum Gasteiger partial charge on any atom is 0 e. The molecule has 1 rings (SSSR count). The third-order valence-electron chi connectivity index (χ3n) is 2.36. The fraction of sp³-hybridized carbons (Fsp3) is 0.875. The van der Waals surface area contributed by atoms with Crippen LogP contribution >= 0.6 is 0 Å². The summed E-state index contributed by atoms with van der Waals surface area (Å²) in [4.78, 5) is 0. The predicted octanol–water partition coefficient (Wildman–Crippen LogP) is 2.64. The van der Waals surface area contributed by atoms with Crippen molar-refractivity contribution in [1.29, 1.82) is 0 Å². The van der Waals surface area contributed by atoms with Gasteiger partial charge in [-0.2, -0.15) is 12.8 Å². The average molecular weight is 200 g/mol. The quantitative estimate of drug-likeness (QED) is 0.571. The summed E-state index contributed by atoms with van der Waals surface area (Å²) in [6, 6.07) is 0. The van der Waals surface area contributed by atoms with Crippen LogP contribution in [0.25, 0.3) is 0 Å². The van der Waals surface area contributed by atoms with Crippen molar-refractivity contribution < 1.29 is 32.7 Å². The zero-order valence-corrected chi connectivity index (χ0v) is 9.27. The average Bonchev–Trinajstić information content (AvgIpc) is 2.14. The molecule has 1 aliphatic rings. The molecular weight excluding hydrogens is 185 g/mol. The summed E-state index contributed by atoms with van der Waals surface area (Å²) >= 11 is 0. The Balaban J connectivity index is 0.000000640. The van der Waals surface area contributed by atoms with Gasteiger partial charge in [-0.1, -0.05) is 32.1 Å². The summed E-state index contributed by atoms with van der Waals surface area (Å²) in [5.74, 6) is 1.91. The van der Waals surface area contributed by atoms with Crippen LogP contribution in [0, 0.1) is 18.3 Å². The molecular formula is C8H15Y-. The minimum Gasteiger partial charge on any atom is -0.328 e. The topological polar surface area (TPSA) is 0 Å². The molecule has 2 unspecified atom stereocenters. The van der Waals surface area contributed by atoms with E-state index in [1.807, 2.05) is 0 Å². The van der Waals surface area contributed by atoms with Crippen LogP contribution in [0.5, 0.6) is 0 Å². The van der Waals surface area contributed by atoms with Crippen molar-refractivity contribution in [1.82, 2.24) is 0 Å². The van der Waals surface area contributed by atoms with Gasteiger partial charge in [0.15, 0.2) is 0 Å². The third kappa shape index (κ3) is 2.68. The minimum absolute atomic E-state index is 0. The monoisotopic (exact) mass is 200 g/mol. The molecule has 0 spiro atoms. The first-order valence-corrected chi connectivity index (χ1v) is 3.64. The Labute approximate surface area is 83.7 Å². The molecule has 0 bridgehead atoms. The largest absolute Gasteiger partial charge is 0.328 e. The molecule has 1 saturated carbocycles. The van der Waals surface area contributed by atoms with Gasteiger partial charge in [-0.3, -0.25) is 0 Å². The van der Waals surface area contributed by atoms with Gasteiger partial charge < -0.3 is 6.42 Å². The van der Waals surface area contributed by atoms with Gasteiger partial charge in [0, 0.05) is 32.7 Å². The van der Waals surface area contributed by atoms with E-state index in [0.717, 1.165) is 11.8 Å². The summed E-state index contributed by atoms with van der Waals surface area (Å²) in [5.41, 5.74) is 0. The number of hydrogen-bond acceptors (Lipinski definition) is 0. The Hall–Kier alpha value is 1.10. The van der Waals surface area contributed by atoms with Crippen molar-refractivity contribution in [2.24, 2.45) is 11.8 Å². The molecule has 51 valence electrons. The van der Waals surface area contributed by atoms with E-state index >= 15 is 0 Å². The molecule has 0 aromatic rings. The van der Waals surface area contributed by atoms with Crippen LogP contribution in [0.4, 0.5) is 0 Å². The molecule has 1 fully saturated rings. The van der Waals surface area contributed by atoms with Crippen molar-refractivity contribution in [2.75, 3.05) is 0 Å². The molecule has 0 aromatic carbocycles. The van der Waals surface area contributed by atoms with E-state index in [-0.39, 0.29) is 32.7 Å². The zero-order chi connectivity index (χ0) is 5.98. The Bertz CT molecular complexity index is 71.0. The van der Waals surface area contributed by atoms with Crippen LogP contribution < -0.4 is 0 Å². The Morgan fingerprint density at radius 2 is 2.00 bits per heavy atom. The summed E-state index contributed by atoms with van der Waals surface area (Å²) < 4.78 is 0. The molecule has 1 radical (unpaired) electrons. The van der Waals surface area contributed by atoms with Crippen molar-refractivity contribution in [3.63, 3.8) is 0 Å². The van der Waals surface area contributed by atoms with Crippen LogP contribution in [0.3, 0.4) is 0 Å². The molecule has 1 aliphatic carbocycles. The van der Waals surface area contributed by atoms with Gasteiger partial charge in [-0.15, -0.1) is 0 Å². The second kappa shape index (κ2) is 4.85. The standard InChI is InChI=1S/C8H15.Y/c1-3-8-6-4-5-7(8)2;/h3,7-8H,4-6H2,1-2H3;/q-1;. The van der Waals surface area contributed by atoms with Crippen LogP contribution in [-0.4, -0.2) is 0 Å². The van der Waals surface area contributed by atoms with Gasteiger partial charge in [0.2, 0.25) is 0 Å². The van der Waals surface area contributed by atoms with Gasteiger partial charge in [-0.25, -0.2) is 0 Å². The second-order valence-electron chi connectivity index (χ2n) is 2.91. The first-order valence-electron chi connectivity index (χ1n) is 3.64. The Morgan fingerprint density at radius 1 is 1.33 bits per heavy atom. The van der Waals surface area contributed by atoms with Crippen molar-refractivity contribution >= 4 is 0 Å². The zero-order valence-electron chi connectivity index (χ0n) is 6.43.